The minimum atomic E-state index is -0.749. The standard InChI is InChI=1S/C24H26BrNO5/c1-26(2)14-15-6-8-16(9-7-15)24(30-5)23(27)19-11-10-18(31-19)17-12-20(28-3)22(25)21(13-17)29-4/h6-13,24H,14H2,1-5H3. The molecule has 0 bridgehead atoms. The van der Waals surface area contributed by atoms with Crippen LogP contribution in [-0.2, 0) is 11.3 Å². The summed E-state index contributed by atoms with van der Waals surface area (Å²) < 4.78 is 22.9. The first-order chi connectivity index (χ1) is 14.9. The minimum absolute atomic E-state index is 0.222. The van der Waals surface area contributed by atoms with Gasteiger partial charge in [0.1, 0.15) is 27.8 Å². The summed E-state index contributed by atoms with van der Waals surface area (Å²) >= 11 is 3.46. The Balaban J connectivity index is 1.86. The lowest BCUT2D eigenvalue weighted by molar-refractivity contribution is 0.0577. The first-order valence-electron chi connectivity index (χ1n) is 9.70. The maximum atomic E-state index is 13.1. The number of ketones is 1. The Labute approximate surface area is 190 Å². The Morgan fingerprint density at radius 2 is 1.61 bits per heavy atom. The van der Waals surface area contributed by atoms with Crippen LogP contribution in [0.3, 0.4) is 0 Å². The van der Waals surface area contributed by atoms with Gasteiger partial charge in [0.2, 0.25) is 5.78 Å². The highest BCUT2D eigenvalue weighted by Crippen LogP contribution is 2.39. The number of carbonyl (C=O) groups is 1. The van der Waals surface area contributed by atoms with Crippen LogP contribution in [0.1, 0.15) is 27.8 Å². The lowest BCUT2D eigenvalue weighted by atomic mass is 10.0. The molecular formula is C24H26BrNO5. The summed E-state index contributed by atoms with van der Waals surface area (Å²) in [5, 5.41) is 0. The van der Waals surface area contributed by atoms with Crippen molar-refractivity contribution < 1.29 is 23.4 Å². The quantitative estimate of drug-likeness (QED) is 0.378. The van der Waals surface area contributed by atoms with E-state index in [1.54, 1.807) is 26.4 Å². The predicted molar refractivity (Wildman–Crippen MR) is 123 cm³/mol. The van der Waals surface area contributed by atoms with Crippen LogP contribution in [0.15, 0.2) is 57.4 Å². The van der Waals surface area contributed by atoms with Gasteiger partial charge in [-0.05, 0) is 65.4 Å². The smallest absolute Gasteiger partial charge is 0.231 e. The normalized spacial score (nSPS) is 12.1. The Kier molecular flexibility index (Phi) is 7.54. The van der Waals surface area contributed by atoms with Gasteiger partial charge in [-0.15, -0.1) is 0 Å². The summed E-state index contributed by atoms with van der Waals surface area (Å²) in [5.74, 6) is 1.71. The molecule has 3 aromatic rings. The second-order valence-electron chi connectivity index (χ2n) is 7.32. The fraction of sp³-hybridized carbons (Fsp3) is 0.292. The number of carbonyl (C=O) groups excluding carboxylic acids is 1. The summed E-state index contributed by atoms with van der Waals surface area (Å²) in [7, 11) is 8.70. The first kappa shape index (κ1) is 23.1. The van der Waals surface area contributed by atoms with Crippen molar-refractivity contribution in [3.8, 4) is 22.8 Å². The van der Waals surface area contributed by atoms with Crippen LogP contribution in [0.25, 0.3) is 11.3 Å². The van der Waals surface area contributed by atoms with Crippen molar-refractivity contribution in [1.82, 2.24) is 4.90 Å². The molecule has 0 spiro atoms. The van der Waals surface area contributed by atoms with E-state index in [0.29, 0.717) is 21.7 Å². The Bertz CT molecular complexity index is 1020. The Hall–Kier alpha value is -2.61. The van der Waals surface area contributed by atoms with Gasteiger partial charge in [0, 0.05) is 19.2 Å². The SMILES string of the molecule is COc1cc(-c2ccc(C(=O)C(OC)c3ccc(CN(C)C)cc3)o2)cc(OC)c1Br. The van der Waals surface area contributed by atoms with Crippen molar-refractivity contribution in [3.05, 3.63) is 69.9 Å². The summed E-state index contributed by atoms with van der Waals surface area (Å²) in [6.07, 6.45) is -0.749. The molecule has 164 valence electrons. The molecule has 0 aliphatic heterocycles. The average molecular weight is 488 g/mol. The molecule has 1 heterocycles. The maximum absolute atomic E-state index is 13.1. The zero-order valence-electron chi connectivity index (χ0n) is 18.3. The number of Topliss-reactive ketones (excluding diaryl/α,β-unsaturated/α-hetero) is 1. The third-order valence-electron chi connectivity index (χ3n) is 4.83. The molecule has 3 rings (SSSR count). The number of halogens is 1. The average Bonchev–Trinajstić information content (AvgIpc) is 3.25. The molecule has 0 radical (unpaired) electrons. The first-order valence-corrected chi connectivity index (χ1v) is 10.5. The van der Waals surface area contributed by atoms with E-state index >= 15 is 0 Å². The molecule has 1 atom stereocenters. The monoisotopic (exact) mass is 487 g/mol. The van der Waals surface area contributed by atoms with Crippen LogP contribution in [0.5, 0.6) is 11.5 Å². The number of hydrogen-bond acceptors (Lipinski definition) is 6. The number of ether oxygens (including phenoxy) is 3. The third-order valence-corrected chi connectivity index (χ3v) is 5.62. The molecule has 6 nitrogen and oxygen atoms in total. The van der Waals surface area contributed by atoms with E-state index in [1.807, 2.05) is 50.5 Å². The van der Waals surface area contributed by atoms with Gasteiger partial charge >= 0.3 is 0 Å². The molecule has 1 aromatic heterocycles. The molecule has 0 saturated carbocycles. The molecule has 31 heavy (non-hydrogen) atoms. The molecule has 7 heteroatoms. The predicted octanol–water partition coefficient (Wildman–Crippen LogP) is 5.36. The lowest BCUT2D eigenvalue weighted by Gasteiger charge is -2.15. The third kappa shape index (κ3) is 5.18. The molecule has 0 fully saturated rings. The molecule has 0 amide bonds. The van der Waals surface area contributed by atoms with Crippen LogP contribution < -0.4 is 9.47 Å². The molecule has 0 saturated heterocycles. The van der Waals surface area contributed by atoms with Crippen molar-refractivity contribution in [2.45, 2.75) is 12.6 Å². The highest BCUT2D eigenvalue weighted by atomic mass is 79.9. The molecule has 0 N–H and O–H groups in total. The summed E-state index contributed by atoms with van der Waals surface area (Å²) in [4.78, 5) is 15.2. The number of benzene rings is 2. The highest BCUT2D eigenvalue weighted by Gasteiger charge is 2.25. The molecular weight excluding hydrogens is 462 g/mol. The van der Waals surface area contributed by atoms with Crippen molar-refractivity contribution >= 4 is 21.7 Å². The topological polar surface area (TPSA) is 61.1 Å². The van der Waals surface area contributed by atoms with E-state index in [4.69, 9.17) is 18.6 Å². The number of hydrogen-bond donors (Lipinski definition) is 0. The second kappa shape index (κ2) is 10.1. The molecule has 1 unspecified atom stereocenters. The Morgan fingerprint density at radius 3 is 2.13 bits per heavy atom. The van der Waals surface area contributed by atoms with Crippen molar-refractivity contribution in [1.29, 1.82) is 0 Å². The van der Waals surface area contributed by atoms with Gasteiger partial charge in [-0.2, -0.15) is 0 Å². The number of furan rings is 1. The van der Waals surface area contributed by atoms with Crippen LogP contribution in [0.2, 0.25) is 0 Å². The van der Waals surface area contributed by atoms with Crippen LogP contribution in [0, 0.1) is 0 Å². The van der Waals surface area contributed by atoms with Crippen molar-refractivity contribution in [3.63, 3.8) is 0 Å². The number of methoxy groups -OCH3 is 3. The van der Waals surface area contributed by atoms with Gasteiger partial charge in [0.15, 0.2) is 5.76 Å². The highest BCUT2D eigenvalue weighted by molar-refractivity contribution is 9.10. The zero-order valence-corrected chi connectivity index (χ0v) is 19.9. The maximum Gasteiger partial charge on any atom is 0.231 e. The van der Waals surface area contributed by atoms with Gasteiger partial charge in [0.05, 0.1) is 14.2 Å². The van der Waals surface area contributed by atoms with E-state index in [-0.39, 0.29) is 11.5 Å². The molecule has 0 aliphatic carbocycles. The number of nitrogens with zero attached hydrogens (tertiary/aromatic N) is 1. The van der Waals surface area contributed by atoms with Crippen LogP contribution in [0.4, 0.5) is 0 Å². The van der Waals surface area contributed by atoms with E-state index in [0.717, 1.165) is 23.2 Å². The Morgan fingerprint density at radius 1 is 1.00 bits per heavy atom. The van der Waals surface area contributed by atoms with Crippen molar-refractivity contribution in [2.24, 2.45) is 0 Å². The van der Waals surface area contributed by atoms with Gasteiger partial charge in [0.25, 0.3) is 0 Å². The zero-order chi connectivity index (χ0) is 22.5. The second-order valence-corrected chi connectivity index (χ2v) is 8.11. The minimum Gasteiger partial charge on any atom is -0.495 e. The van der Waals surface area contributed by atoms with Gasteiger partial charge in [-0.25, -0.2) is 0 Å². The lowest BCUT2D eigenvalue weighted by Crippen LogP contribution is -2.15. The van der Waals surface area contributed by atoms with Crippen molar-refractivity contribution in [2.75, 3.05) is 35.4 Å². The van der Waals surface area contributed by atoms with Gasteiger partial charge < -0.3 is 23.5 Å². The van der Waals surface area contributed by atoms with E-state index < -0.39 is 6.10 Å². The molecule has 2 aromatic carbocycles. The fourth-order valence-electron chi connectivity index (χ4n) is 3.32. The summed E-state index contributed by atoms with van der Waals surface area (Å²) in [5.41, 5.74) is 2.67. The largest absolute Gasteiger partial charge is 0.495 e. The van der Waals surface area contributed by atoms with Gasteiger partial charge in [-0.1, -0.05) is 24.3 Å². The van der Waals surface area contributed by atoms with E-state index in [2.05, 4.69) is 20.8 Å². The van der Waals surface area contributed by atoms with Gasteiger partial charge in [-0.3, -0.25) is 4.79 Å². The molecule has 0 aliphatic rings. The summed E-state index contributed by atoms with van der Waals surface area (Å²) in [6, 6.07) is 14.9. The summed E-state index contributed by atoms with van der Waals surface area (Å²) in [6.45, 7) is 0.827. The number of rotatable bonds is 9. The van der Waals surface area contributed by atoms with E-state index in [9.17, 15) is 4.79 Å². The van der Waals surface area contributed by atoms with Crippen LogP contribution in [-0.4, -0.2) is 46.1 Å². The fourth-order valence-corrected chi connectivity index (χ4v) is 3.88. The van der Waals surface area contributed by atoms with Crippen LogP contribution >= 0.6 is 15.9 Å². The van der Waals surface area contributed by atoms with E-state index in [1.165, 1.54) is 7.11 Å².